The lowest BCUT2D eigenvalue weighted by Gasteiger charge is -2.44. The first-order chi connectivity index (χ1) is 17.2. The lowest BCUT2D eigenvalue weighted by atomic mass is 9.64. The van der Waals surface area contributed by atoms with Crippen LogP contribution in [0.4, 0.5) is 8.78 Å². The lowest BCUT2D eigenvalue weighted by molar-refractivity contribution is 0.0802. The molecule has 0 N–H and O–H groups in total. The first-order valence-corrected chi connectivity index (χ1v) is 13.7. The number of sulfonamides is 1. The Balaban J connectivity index is 1.94. The van der Waals surface area contributed by atoms with E-state index in [9.17, 15) is 17.2 Å². The predicted molar refractivity (Wildman–Crippen MR) is 139 cm³/mol. The van der Waals surface area contributed by atoms with E-state index in [1.807, 2.05) is 6.92 Å². The van der Waals surface area contributed by atoms with Crippen molar-refractivity contribution in [2.24, 2.45) is 27.0 Å². The van der Waals surface area contributed by atoms with Crippen LogP contribution in [0.15, 0.2) is 56.1 Å². The van der Waals surface area contributed by atoms with Crippen molar-refractivity contribution in [3.63, 3.8) is 0 Å². The third-order valence-corrected chi connectivity index (χ3v) is 10.2. The molecule has 1 aromatic heterocycles. The Hall–Kier alpha value is -2.72. The number of aromatic nitrogens is 1. The summed E-state index contributed by atoms with van der Waals surface area (Å²) in [6.07, 6.45) is 3.06. The molecule has 3 rings (SSSR count). The minimum absolute atomic E-state index is 0.0590. The Morgan fingerprint density at radius 3 is 2.41 bits per heavy atom. The van der Waals surface area contributed by atoms with E-state index in [2.05, 4.69) is 42.7 Å². The molecule has 1 aliphatic carbocycles. The van der Waals surface area contributed by atoms with Gasteiger partial charge >= 0.3 is 0 Å². The summed E-state index contributed by atoms with van der Waals surface area (Å²) in [5, 5.41) is 11.6. The van der Waals surface area contributed by atoms with Crippen LogP contribution in [0.25, 0.3) is 5.70 Å². The predicted octanol–water partition coefficient (Wildman–Crippen LogP) is 6.70. The van der Waals surface area contributed by atoms with E-state index in [0.717, 1.165) is 12.8 Å². The Morgan fingerprint density at radius 1 is 1.27 bits per heavy atom. The van der Waals surface area contributed by atoms with Crippen LogP contribution in [0.5, 0.6) is 0 Å². The van der Waals surface area contributed by atoms with E-state index >= 15 is 0 Å². The highest BCUT2D eigenvalue weighted by molar-refractivity contribution is 7.89. The van der Waals surface area contributed by atoms with Gasteiger partial charge in [-0.3, -0.25) is 0 Å². The number of allylic oxidation sites excluding steroid dienone is 2. The number of hydrogen-bond donors (Lipinski definition) is 0. The van der Waals surface area contributed by atoms with Gasteiger partial charge in [0.2, 0.25) is 10.0 Å². The molecule has 202 valence electrons. The van der Waals surface area contributed by atoms with Crippen molar-refractivity contribution in [2.45, 2.75) is 59.3 Å². The highest BCUT2D eigenvalue weighted by Gasteiger charge is 2.53. The van der Waals surface area contributed by atoms with E-state index in [-0.39, 0.29) is 34.4 Å². The minimum Gasteiger partial charge on any atom is -0.360 e. The van der Waals surface area contributed by atoms with Gasteiger partial charge in [0.05, 0.1) is 11.3 Å². The molecule has 1 aromatic carbocycles. The normalized spacial score (nSPS) is 22.3. The highest BCUT2D eigenvalue weighted by atomic mass is 32.2. The summed E-state index contributed by atoms with van der Waals surface area (Å²) in [5.41, 5.74) is -0.00719. The molecule has 2 aromatic rings. The Bertz CT molecular complexity index is 1310. The maximum absolute atomic E-state index is 14.5. The number of rotatable bonds is 9. The molecule has 1 fully saturated rings. The third-order valence-electron chi connectivity index (χ3n) is 8.05. The van der Waals surface area contributed by atoms with Crippen molar-refractivity contribution in [1.29, 1.82) is 0 Å². The van der Waals surface area contributed by atoms with Gasteiger partial charge in [0.15, 0.2) is 5.76 Å². The second-order valence-corrected chi connectivity index (χ2v) is 12.3. The largest absolute Gasteiger partial charge is 0.360 e. The summed E-state index contributed by atoms with van der Waals surface area (Å²) in [6, 6.07) is 3.65. The van der Waals surface area contributed by atoms with Crippen LogP contribution in [0, 0.1) is 42.2 Å². The van der Waals surface area contributed by atoms with Crippen molar-refractivity contribution in [2.75, 3.05) is 20.1 Å². The molecule has 0 bridgehead atoms. The van der Waals surface area contributed by atoms with Crippen LogP contribution in [0.1, 0.15) is 57.6 Å². The molecule has 10 heteroatoms. The van der Waals surface area contributed by atoms with Gasteiger partial charge in [0, 0.05) is 20.1 Å². The van der Waals surface area contributed by atoms with Crippen LogP contribution in [0.3, 0.4) is 0 Å². The Labute approximate surface area is 218 Å². The van der Waals surface area contributed by atoms with Crippen molar-refractivity contribution >= 4 is 15.7 Å². The molecule has 0 aliphatic heterocycles. The summed E-state index contributed by atoms with van der Waals surface area (Å²) in [4.78, 5) is 0.110. The Morgan fingerprint density at radius 2 is 1.89 bits per heavy atom. The maximum atomic E-state index is 14.5. The highest BCUT2D eigenvalue weighted by Crippen LogP contribution is 2.58. The molecular formula is C27H36F2N4O3S. The molecule has 1 heterocycles. The number of halogens is 2. The van der Waals surface area contributed by atoms with Crippen molar-refractivity contribution in [3.8, 4) is 0 Å². The molecule has 1 aliphatic rings. The summed E-state index contributed by atoms with van der Waals surface area (Å²) in [7, 11) is -2.39. The van der Waals surface area contributed by atoms with Crippen molar-refractivity contribution in [1.82, 2.24) is 9.46 Å². The first-order valence-electron chi connectivity index (χ1n) is 12.3. The number of hydrogen-bond acceptors (Lipinski definition) is 6. The summed E-state index contributed by atoms with van der Waals surface area (Å²) >= 11 is 0. The van der Waals surface area contributed by atoms with E-state index in [4.69, 9.17) is 4.52 Å². The molecule has 2 unspecified atom stereocenters. The van der Waals surface area contributed by atoms with Gasteiger partial charge in [0.1, 0.15) is 22.2 Å². The van der Waals surface area contributed by atoms with E-state index < -0.39 is 32.5 Å². The number of nitrogens with zero attached hydrogens (tertiary/aromatic N) is 4. The van der Waals surface area contributed by atoms with E-state index in [1.54, 1.807) is 19.9 Å². The van der Waals surface area contributed by atoms with Crippen LogP contribution in [-0.2, 0) is 10.0 Å². The summed E-state index contributed by atoms with van der Waals surface area (Å²) < 4.78 is 62.8. The van der Waals surface area contributed by atoms with E-state index in [0.29, 0.717) is 17.8 Å². The molecule has 2 atom stereocenters. The maximum Gasteiger partial charge on any atom is 0.248 e. The SMILES string of the molecule is C=C(/C=C(\N=NC)c1c(F)cccc1F)C1CCC(C)(CN(CC)S(=O)(=O)c2c(C)noc2C)C1(C)C. The average molecular weight is 535 g/mol. The standard InChI is InChI=1S/C27H36F2N4O3S/c1-9-33(37(34,35)25-18(3)32-36-19(25)4)16-27(7)14-13-20(26(27,5)6)17(2)15-23(31-30-8)24-21(28)11-10-12-22(24)29/h10-12,15,20H,2,9,13-14,16H2,1,3-8H3/b23-15-,31-30?. The molecule has 0 radical (unpaired) electrons. The monoisotopic (exact) mass is 534 g/mol. The zero-order valence-corrected chi connectivity index (χ0v) is 23.4. The van der Waals surface area contributed by atoms with Crippen LogP contribution < -0.4 is 0 Å². The van der Waals surface area contributed by atoms with E-state index in [1.165, 1.54) is 29.6 Å². The molecule has 0 amide bonds. The molecular weight excluding hydrogens is 498 g/mol. The fourth-order valence-corrected chi connectivity index (χ4v) is 7.37. The lowest BCUT2D eigenvalue weighted by Crippen LogP contribution is -2.46. The summed E-state index contributed by atoms with van der Waals surface area (Å²) in [6.45, 7) is 16.1. The van der Waals surface area contributed by atoms with Gasteiger partial charge in [-0.1, -0.05) is 45.5 Å². The quantitative estimate of drug-likeness (QED) is 0.264. The first kappa shape index (κ1) is 28.8. The van der Waals surface area contributed by atoms with Gasteiger partial charge in [-0.25, -0.2) is 17.2 Å². The molecule has 1 saturated carbocycles. The average Bonchev–Trinajstić information content (AvgIpc) is 3.26. The van der Waals surface area contributed by atoms with Crippen LogP contribution in [0.2, 0.25) is 0 Å². The van der Waals surface area contributed by atoms with Gasteiger partial charge in [-0.2, -0.15) is 14.5 Å². The second-order valence-electron chi connectivity index (χ2n) is 10.5. The molecule has 0 spiro atoms. The molecule has 0 saturated heterocycles. The third kappa shape index (κ3) is 5.18. The van der Waals surface area contributed by atoms with Crippen LogP contribution in [-0.4, -0.2) is 38.0 Å². The number of aryl methyl sites for hydroxylation is 2. The van der Waals surface area contributed by atoms with Gasteiger partial charge in [-0.15, -0.1) is 0 Å². The smallest absolute Gasteiger partial charge is 0.248 e. The molecule has 37 heavy (non-hydrogen) atoms. The Kier molecular flexibility index (Phi) is 8.24. The fourth-order valence-electron chi connectivity index (χ4n) is 5.50. The number of azo groups is 1. The van der Waals surface area contributed by atoms with Crippen molar-refractivity contribution in [3.05, 3.63) is 65.1 Å². The summed E-state index contributed by atoms with van der Waals surface area (Å²) in [5.74, 6) is -1.27. The topological polar surface area (TPSA) is 88.1 Å². The van der Waals surface area contributed by atoms with Crippen LogP contribution >= 0.6 is 0 Å². The zero-order valence-electron chi connectivity index (χ0n) is 22.6. The minimum atomic E-state index is -3.82. The number of benzene rings is 1. The second kappa shape index (κ2) is 10.6. The van der Waals surface area contributed by atoms with Gasteiger partial charge in [-0.05, 0) is 67.2 Å². The van der Waals surface area contributed by atoms with Crippen molar-refractivity contribution < 1.29 is 21.7 Å². The van der Waals surface area contributed by atoms with Gasteiger partial charge in [0.25, 0.3) is 0 Å². The molecule has 7 nitrogen and oxygen atoms in total. The fraction of sp³-hybridized carbons (Fsp3) is 0.519. The van der Waals surface area contributed by atoms with Gasteiger partial charge < -0.3 is 4.52 Å². The zero-order chi connectivity index (χ0) is 27.8.